The van der Waals surface area contributed by atoms with Crippen LogP contribution in [0.3, 0.4) is 0 Å². The number of hydrogen-bond acceptors (Lipinski definition) is 2. The Kier molecular flexibility index (Phi) is 5.92. The van der Waals surface area contributed by atoms with Crippen LogP contribution >= 0.6 is 0 Å². The third-order valence-corrected chi connectivity index (χ3v) is 3.80. The number of halogens is 3. The first-order valence-corrected chi connectivity index (χ1v) is 6.83. The lowest BCUT2D eigenvalue weighted by atomic mass is 9.85. The Balaban J connectivity index is 2.40. The monoisotopic (exact) mass is 266 g/mol. The van der Waals surface area contributed by atoms with Crippen LogP contribution in [0.25, 0.3) is 0 Å². The van der Waals surface area contributed by atoms with Gasteiger partial charge in [-0.05, 0) is 31.8 Å². The van der Waals surface area contributed by atoms with Crippen molar-refractivity contribution in [1.82, 2.24) is 10.2 Å². The maximum Gasteiger partial charge on any atom is 0.390 e. The normalized spacial score (nSPS) is 19.7. The molecule has 0 radical (unpaired) electrons. The summed E-state index contributed by atoms with van der Waals surface area (Å²) in [4.78, 5) is 1.84. The molecule has 1 aliphatic rings. The fourth-order valence-corrected chi connectivity index (χ4v) is 2.88. The van der Waals surface area contributed by atoms with E-state index in [0.717, 1.165) is 32.5 Å². The lowest BCUT2D eigenvalue weighted by Gasteiger charge is -2.34. The first kappa shape index (κ1) is 15.8. The summed E-state index contributed by atoms with van der Waals surface area (Å²) in [6.07, 6.45) is -0.0662. The highest BCUT2D eigenvalue weighted by Crippen LogP contribution is 2.38. The van der Waals surface area contributed by atoms with Gasteiger partial charge in [-0.2, -0.15) is 13.2 Å². The van der Waals surface area contributed by atoms with Gasteiger partial charge in [-0.25, -0.2) is 0 Å². The van der Waals surface area contributed by atoms with Crippen LogP contribution in [-0.4, -0.2) is 44.3 Å². The molecule has 18 heavy (non-hydrogen) atoms. The van der Waals surface area contributed by atoms with Crippen molar-refractivity contribution in [2.45, 2.75) is 45.2 Å². The molecular weight excluding hydrogens is 241 g/mol. The van der Waals surface area contributed by atoms with Gasteiger partial charge >= 0.3 is 6.18 Å². The smallest absolute Gasteiger partial charge is 0.316 e. The van der Waals surface area contributed by atoms with Gasteiger partial charge in [0.15, 0.2) is 0 Å². The summed E-state index contributed by atoms with van der Waals surface area (Å²) in [7, 11) is 1.80. The largest absolute Gasteiger partial charge is 0.390 e. The Morgan fingerprint density at radius 3 is 2.33 bits per heavy atom. The molecule has 0 aromatic carbocycles. The summed E-state index contributed by atoms with van der Waals surface area (Å²) in [5, 5.41) is 3.36. The number of nitrogens with zero attached hydrogens (tertiary/aromatic N) is 1. The highest BCUT2D eigenvalue weighted by Gasteiger charge is 2.35. The minimum Gasteiger partial charge on any atom is -0.316 e. The number of rotatable bonds is 7. The molecule has 0 saturated heterocycles. The van der Waals surface area contributed by atoms with Crippen LogP contribution in [0.15, 0.2) is 0 Å². The number of nitrogens with one attached hydrogen (secondary N) is 1. The molecule has 1 aliphatic carbocycles. The molecule has 0 aliphatic heterocycles. The van der Waals surface area contributed by atoms with E-state index >= 15 is 0 Å². The zero-order valence-corrected chi connectivity index (χ0v) is 11.4. The van der Waals surface area contributed by atoms with Crippen LogP contribution in [0.1, 0.15) is 39.0 Å². The predicted molar refractivity (Wildman–Crippen MR) is 67.6 cm³/mol. The third-order valence-electron chi connectivity index (χ3n) is 3.80. The molecule has 0 atom stereocenters. The van der Waals surface area contributed by atoms with Crippen molar-refractivity contribution in [3.05, 3.63) is 0 Å². The lowest BCUT2D eigenvalue weighted by Crippen LogP contribution is -2.42. The average Bonchev–Trinajstić information content (AvgIpc) is 2.72. The van der Waals surface area contributed by atoms with Gasteiger partial charge in [0.1, 0.15) is 0 Å². The lowest BCUT2D eigenvalue weighted by molar-refractivity contribution is -0.138. The summed E-state index contributed by atoms with van der Waals surface area (Å²) < 4.78 is 36.6. The molecule has 0 heterocycles. The summed E-state index contributed by atoms with van der Waals surface area (Å²) in [5.74, 6) is 0. The number of hydrogen-bond donors (Lipinski definition) is 1. The Bertz CT molecular complexity index is 235. The maximum absolute atomic E-state index is 12.2. The Hall–Kier alpha value is -0.290. The zero-order chi connectivity index (χ0) is 13.6. The van der Waals surface area contributed by atoms with E-state index < -0.39 is 12.6 Å². The predicted octanol–water partition coefficient (Wildman–Crippen LogP) is 3.04. The average molecular weight is 266 g/mol. The summed E-state index contributed by atoms with van der Waals surface area (Å²) in [6.45, 7) is 4.80. The molecule has 1 rings (SSSR count). The molecule has 108 valence electrons. The summed E-state index contributed by atoms with van der Waals surface area (Å²) in [6, 6.07) is 0. The Labute approximate surface area is 108 Å². The van der Waals surface area contributed by atoms with Gasteiger partial charge in [-0.3, -0.25) is 0 Å². The van der Waals surface area contributed by atoms with E-state index in [-0.39, 0.29) is 12.0 Å². The van der Waals surface area contributed by atoms with E-state index in [1.165, 1.54) is 12.8 Å². The van der Waals surface area contributed by atoms with Crippen molar-refractivity contribution in [2.24, 2.45) is 5.41 Å². The summed E-state index contributed by atoms with van der Waals surface area (Å²) >= 11 is 0. The van der Waals surface area contributed by atoms with Crippen LogP contribution in [-0.2, 0) is 0 Å². The van der Waals surface area contributed by atoms with Gasteiger partial charge in [-0.15, -0.1) is 0 Å². The van der Waals surface area contributed by atoms with Gasteiger partial charge in [0.25, 0.3) is 0 Å². The van der Waals surface area contributed by atoms with Crippen molar-refractivity contribution >= 4 is 0 Å². The first-order valence-electron chi connectivity index (χ1n) is 6.83. The minimum absolute atomic E-state index is 0.109. The zero-order valence-electron chi connectivity index (χ0n) is 11.4. The molecule has 0 aromatic heterocycles. The standard InChI is InChI=1S/C13H25F3N2/c1-3-17-10-12(6-4-5-7-12)11-18(2)9-8-13(14,15)16/h17H,3-11H2,1-2H3. The quantitative estimate of drug-likeness (QED) is 0.762. The second kappa shape index (κ2) is 6.75. The molecule has 1 saturated carbocycles. The Morgan fingerprint density at radius 2 is 1.83 bits per heavy atom. The van der Waals surface area contributed by atoms with E-state index in [0.29, 0.717) is 0 Å². The molecule has 2 nitrogen and oxygen atoms in total. The minimum atomic E-state index is -4.04. The second-order valence-electron chi connectivity index (χ2n) is 5.59. The molecule has 0 bridgehead atoms. The molecule has 0 aromatic rings. The van der Waals surface area contributed by atoms with Crippen molar-refractivity contribution in [2.75, 3.05) is 33.2 Å². The first-order chi connectivity index (χ1) is 8.37. The molecule has 0 amide bonds. The maximum atomic E-state index is 12.2. The highest BCUT2D eigenvalue weighted by molar-refractivity contribution is 4.88. The van der Waals surface area contributed by atoms with E-state index in [4.69, 9.17) is 0 Å². The topological polar surface area (TPSA) is 15.3 Å². The van der Waals surface area contributed by atoms with Gasteiger partial charge < -0.3 is 10.2 Å². The van der Waals surface area contributed by atoms with E-state index in [1.54, 1.807) is 7.05 Å². The van der Waals surface area contributed by atoms with Gasteiger partial charge in [0, 0.05) is 19.6 Å². The molecule has 5 heteroatoms. The molecule has 0 unspecified atom stereocenters. The van der Waals surface area contributed by atoms with Crippen LogP contribution in [0.4, 0.5) is 13.2 Å². The molecule has 1 fully saturated rings. The van der Waals surface area contributed by atoms with Crippen molar-refractivity contribution in [3.8, 4) is 0 Å². The molecular formula is C13H25F3N2. The van der Waals surface area contributed by atoms with Gasteiger partial charge in [0.2, 0.25) is 0 Å². The van der Waals surface area contributed by atoms with E-state index in [9.17, 15) is 13.2 Å². The fourth-order valence-electron chi connectivity index (χ4n) is 2.88. The van der Waals surface area contributed by atoms with Gasteiger partial charge in [0.05, 0.1) is 6.42 Å². The fraction of sp³-hybridized carbons (Fsp3) is 1.00. The van der Waals surface area contributed by atoms with Gasteiger partial charge in [-0.1, -0.05) is 19.8 Å². The van der Waals surface area contributed by atoms with Crippen LogP contribution in [0.2, 0.25) is 0 Å². The summed E-state index contributed by atoms with van der Waals surface area (Å²) in [5.41, 5.74) is 0.191. The molecule has 1 N–H and O–H groups in total. The van der Waals surface area contributed by atoms with Crippen LogP contribution < -0.4 is 5.32 Å². The third kappa shape index (κ3) is 5.57. The number of alkyl halides is 3. The Morgan fingerprint density at radius 1 is 1.22 bits per heavy atom. The van der Waals surface area contributed by atoms with E-state index in [1.807, 2.05) is 4.90 Å². The van der Waals surface area contributed by atoms with Crippen LogP contribution in [0.5, 0.6) is 0 Å². The van der Waals surface area contributed by atoms with Crippen molar-refractivity contribution in [3.63, 3.8) is 0 Å². The SMILES string of the molecule is CCNCC1(CN(C)CCC(F)(F)F)CCCC1. The second-order valence-corrected chi connectivity index (χ2v) is 5.59. The van der Waals surface area contributed by atoms with E-state index in [2.05, 4.69) is 12.2 Å². The van der Waals surface area contributed by atoms with Crippen LogP contribution in [0, 0.1) is 5.41 Å². The molecule has 0 spiro atoms. The van der Waals surface area contributed by atoms with Crippen molar-refractivity contribution < 1.29 is 13.2 Å². The highest BCUT2D eigenvalue weighted by atomic mass is 19.4. The van der Waals surface area contributed by atoms with Crippen molar-refractivity contribution in [1.29, 1.82) is 0 Å².